The van der Waals surface area contributed by atoms with Gasteiger partial charge >= 0.3 is 0 Å². The molecule has 2 N–H and O–H groups in total. The van der Waals surface area contributed by atoms with Crippen molar-refractivity contribution in [1.29, 1.82) is 0 Å². The number of carbonyl (C=O) groups is 1. The van der Waals surface area contributed by atoms with Crippen molar-refractivity contribution in [3.63, 3.8) is 0 Å². The second-order valence-electron chi connectivity index (χ2n) is 10.1. The Labute approximate surface area is 146 Å². The van der Waals surface area contributed by atoms with E-state index in [1.807, 2.05) is 0 Å². The number of hydrogen-bond donors (Lipinski definition) is 2. The second-order valence-corrected chi connectivity index (χ2v) is 10.1. The summed E-state index contributed by atoms with van der Waals surface area (Å²) in [5.41, 5.74) is -0.650. The topological polar surface area (TPSA) is 57.5 Å². The fraction of sp³-hybridized carbons (Fsp3) is 0.952. The van der Waals surface area contributed by atoms with Gasteiger partial charge < -0.3 is 10.2 Å². The molecule has 4 rings (SSSR count). The summed E-state index contributed by atoms with van der Waals surface area (Å²) < 4.78 is 0. The predicted octanol–water partition coefficient (Wildman–Crippen LogP) is 3.71. The molecule has 0 bridgehead atoms. The van der Waals surface area contributed by atoms with Gasteiger partial charge in [0.15, 0.2) is 5.78 Å². The van der Waals surface area contributed by atoms with Crippen LogP contribution in [-0.2, 0) is 4.79 Å². The quantitative estimate of drug-likeness (QED) is 0.768. The number of ketones is 1. The third-order valence-corrected chi connectivity index (χ3v) is 9.33. The van der Waals surface area contributed by atoms with E-state index in [0.29, 0.717) is 24.7 Å². The van der Waals surface area contributed by atoms with E-state index in [4.69, 9.17) is 0 Å². The van der Waals surface area contributed by atoms with Crippen molar-refractivity contribution in [3.05, 3.63) is 0 Å². The monoisotopic (exact) mass is 334 g/mol. The molecule has 136 valence electrons. The first-order valence-corrected chi connectivity index (χ1v) is 10.1. The number of aliphatic hydroxyl groups excluding tert-OH is 1. The molecule has 4 aliphatic carbocycles. The van der Waals surface area contributed by atoms with Gasteiger partial charge in [-0.2, -0.15) is 0 Å². The molecule has 0 amide bonds. The Morgan fingerprint density at radius 1 is 0.917 bits per heavy atom. The largest absolute Gasteiger partial charge is 0.393 e. The Hall–Kier alpha value is -0.410. The maximum absolute atomic E-state index is 11.9. The average Bonchev–Trinajstić information content (AvgIpc) is 2.84. The van der Waals surface area contributed by atoms with Crippen molar-refractivity contribution >= 4 is 5.78 Å². The van der Waals surface area contributed by atoms with Gasteiger partial charge in [-0.15, -0.1) is 0 Å². The molecule has 0 unspecified atom stereocenters. The number of carbonyl (C=O) groups excluding carboxylic acids is 1. The molecule has 3 nitrogen and oxygen atoms in total. The lowest BCUT2D eigenvalue weighted by atomic mass is 9.44. The van der Waals surface area contributed by atoms with Crippen LogP contribution < -0.4 is 0 Å². The van der Waals surface area contributed by atoms with Gasteiger partial charge in [0.2, 0.25) is 0 Å². The second kappa shape index (κ2) is 5.30. The van der Waals surface area contributed by atoms with Crippen molar-refractivity contribution in [1.82, 2.24) is 0 Å². The summed E-state index contributed by atoms with van der Waals surface area (Å²) >= 11 is 0. The Kier molecular flexibility index (Phi) is 3.76. The van der Waals surface area contributed by atoms with Crippen LogP contribution in [0.3, 0.4) is 0 Å². The maximum atomic E-state index is 11.9. The van der Waals surface area contributed by atoms with Gasteiger partial charge in [-0.05, 0) is 99.2 Å². The summed E-state index contributed by atoms with van der Waals surface area (Å²) in [7, 11) is 0. The van der Waals surface area contributed by atoms with Crippen LogP contribution in [-0.4, -0.2) is 27.7 Å². The maximum Gasteiger partial charge on any atom is 0.161 e. The Bertz CT molecular complexity index is 545. The highest BCUT2D eigenvalue weighted by Crippen LogP contribution is 2.66. The molecule has 0 aliphatic heterocycles. The summed E-state index contributed by atoms with van der Waals surface area (Å²) in [5.74, 6) is 2.58. The number of Topliss-reactive ketones (excluding diaryl/α,β-unsaturated/α-hetero) is 1. The summed E-state index contributed by atoms with van der Waals surface area (Å²) in [6, 6.07) is 0. The van der Waals surface area contributed by atoms with Crippen LogP contribution in [0.5, 0.6) is 0 Å². The van der Waals surface area contributed by atoms with Crippen LogP contribution in [0.1, 0.15) is 78.6 Å². The first-order chi connectivity index (χ1) is 11.2. The fourth-order valence-electron chi connectivity index (χ4n) is 7.54. The van der Waals surface area contributed by atoms with Gasteiger partial charge in [0.25, 0.3) is 0 Å². The van der Waals surface area contributed by atoms with Crippen molar-refractivity contribution in [2.75, 3.05) is 0 Å². The summed E-state index contributed by atoms with van der Waals surface area (Å²) in [4.78, 5) is 11.9. The minimum atomic E-state index is -1.07. The standard InChI is InChI=1S/C21H34O3/c1-13(22)21(24)11-10-19(2)14(12-21)4-5-15-16-6-7-18(23)20(16,3)9-8-17(15)19/h14-18,23-24H,4-12H2,1-3H3/t14-,15-,16-,17+,18-,19-,20-,21-/m0/s1. The lowest BCUT2D eigenvalue weighted by Gasteiger charge is -2.61. The van der Waals surface area contributed by atoms with Crippen LogP contribution in [0.2, 0.25) is 0 Å². The number of hydrogen-bond acceptors (Lipinski definition) is 3. The summed E-state index contributed by atoms with van der Waals surface area (Å²) in [6.07, 6.45) is 9.12. The van der Waals surface area contributed by atoms with E-state index >= 15 is 0 Å². The molecule has 4 aliphatic rings. The SMILES string of the molecule is CC(=O)[C@]1(O)CC[C@@]2(C)[C@@H](CC[C@@H]3[C@H]2CC[C@]2(C)[C@@H](O)CC[C@@H]32)C1. The minimum Gasteiger partial charge on any atom is -0.393 e. The molecule has 8 atom stereocenters. The molecule has 24 heavy (non-hydrogen) atoms. The number of aliphatic hydroxyl groups is 2. The Morgan fingerprint density at radius 3 is 2.33 bits per heavy atom. The third kappa shape index (κ3) is 2.13. The number of fused-ring (bicyclic) bond motifs is 5. The highest BCUT2D eigenvalue weighted by atomic mass is 16.3. The molecule has 0 aromatic heterocycles. The Balaban J connectivity index is 1.60. The third-order valence-electron chi connectivity index (χ3n) is 9.33. The molecule has 0 heterocycles. The van der Waals surface area contributed by atoms with Crippen LogP contribution in [0.15, 0.2) is 0 Å². The van der Waals surface area contributed by atoms with E-state index in [2.05, 4.69) is 13.8 Å². The van der Waals surface area contributed by atoms with Crippen LogP contribution in [0, 0.1) is 34.5 Å². The first kappa shape index (κ1) is 17.0. The molecule has 0 spiro atoms. The van der Waals surface area contributed by atoms with Gasteiger partial charge in [-0.3, -0.25) is 4.79 Å². The van der Waals surface area contributed by atoms with Crippen molar-refractivity contribution in [2.24, 2.45) is 34.5 Å². The zero-order valence-corrected chi connectivity index (χ0v) is 15.6. The molecule has 0 saturated heterocycles. The Morgan fingerprint density at radius 2 is 1.62 bits per heavy atom. The molecule has 0 aromatic carbocycles. The highest BCUT2D eigenvalue weighted by molar-refractivity contribution is 5.84. The van der Waals surface area contributed by atoms with Crippen molar-refractivity contribution < 1.29 is 15.0 Å². The van der Waals surface area contributed by atoms with Gasteiger partial charge in [0.1, 0.15) is 5.60 Å². The molecular weight excluding hydrogens is 300 g/mol. The van der Waals surface area contributed by atoms with Crippen molar-refractivity contribution in [2.45, 2.75) is 90.3 Å². The fourth-order valence-corrected chi connectivity index (χ4v) is 7.54. The van der Waals surface area contributed by atoms with Gasteiger partial charge in [0, 0.05) is 0 Å². The van der Waals surface area contributed by atoms with Gasteiger partial charge in [-0.1, -0.05) is 13.8 Å². The first-order valence-electron chi connectivity index (χ1n) is 10.1. The molecule has 4 fully saturated rings. The zero-order valence-electron chi connectivity index (χ0n) is 15.6. The van der Waals surface area contributed by atoms with Crippen LogP contribution in [0.4, 0.5) is 0 Å². The molecular formula is C21H34O3. The van der Waals surface area contributed by atoms with E-state index < -0.39 is 5.60 Å². The highest BCUT2D eigenvalue weighted by Gasteiger charge is 2.61. The predicted molar refractivity (Wildman–Crippen MR) is 93.4 cm³/mol. The van der Waals surface area contributed by atoms with E-state index in [9.17, 15) is 15.0 Å². The summed E-state index contributed by atoms with van der Waals surface area (Å²) in [5, 5.41) is 21.3. The average molecular weight is 335 g/mol. The lowest BCUT2D eigenvalue weighted by Crippen LogP contribution is -2.57. The normalized spacial score (nSPS) is 57.0. The van der Waals surface area contributed by atoms with Crippen LogP contribution >= 0.6 is 0 Å². The van der Waals surface area contributed by atoms with Gasteiger partial charge in [0.05, 0.1) is 6.10 Å². The van der Waals surface area contributed by atoms with Crippen molar-refractivity contribution in [3.8, 4) is 0 Å². The molecule has 4 saturated carbocycles. The molecule has 0 radical (unpaired) electrons. The summed E-state index contributed by atoms with van der Waals surface area (Å²) in [6.45, 7) is 6.33. The van der Waals surface area contributed by atoms with E-state index in [0.717, 1.165) is 37.5 Å². The van der Waals surface area contributed by atoms with E-state index in [1.165, 1.54) is 19.3 Å². The van der Waals surface area contributed by atoms with E-state index in [1.54, 1.807) is 6.92 Å². The lowest BCUT2D eigenvalue weighted by molar-refractivity contribution is -0.166. The van der Waals surface area contributed by atoms with Crippen LogP contribution in [0.25, 0.3) is 0 Å². The molecule has 0 aromatic rings. The zero-order chi connectivity index (χ0) is 17.3. The van der Waals surface area contributed by atoms with E-state index in [-0.39, 0.29) is 22.7 Å². The minimum absolute atomic E-state index is 0.0400. The molecule has 3 heteroatoms. The smallest absolute Gasteiger partial charge is 0.161 e. The number of rotatable bonds is 1. The van der Waals surface area contributed by atoms with Gasteiger partial charge in [-0.25, -0.2) is 0 Å².